The van der Waals surface area contributed by atoms with Gasteiger partial charge in [0.2, 0.25) is 0 Å². The van der Waals surface area contributed by atoms with E-state index in [0.717, 1.165) is 4.47 Å². The van der Waals surface area contributed by atoms with Gasteiger partial charge < -0.3 is 11.1 Å². The molecule has 0 unspecified atom stereocenters. The van der Waals surface area contributed by atoms with Crippen molar-refractivity contribution in [3.63, 3.8) is 0 Å². The number of carbonyl (C=O) groups excluding carboxylic acids is 1. The van der Waals surface area contributed by atoms with Crippen LogP contribution < -0.4 is 11.1 Å². The van der Waals surface area contributed by atoms with Gasteiger partial charge in [-0.25, -0.2) is 4.98 Å². The molecular formula is C12H9BrClN3O. The average Bonchev–Trinajstić information content (AvgIpc) is 2.27. The molecule has 0 saturated heterocycles. The lowest BCUT2D eigenvalue weighted by molar-refractivity contribution is 0.102. The molecule has 2 rings (SSSR count). The van der Waals surface area contributed by atoms with Gasteiger partial charge in [-0.3, -0.25) is 4.79 Å². The third kappa shape index (κ3) is 3.21. The minimum atomic E-state index is -0.294. The van der Waals surface area contributed by atoms with E-state index >= 15 is 0 Å². The molecule has 18 heavy (non-hydrogen) atoms. The van der Waals surface area contributed by atoms with Crippen LogP contribution in [0.15, 0.2) is 41.0 Å². The summed E-state index contributed by atoms with van der Waals surface area (Å²) in [6.45, 7) is 0. The smallest absolute Gasteiger partial charge is 0.256 e. The number of carbonyl (C=O) groups is 1. The Hall–Kier alpha value is -1.59. The molecule has 0 bridgehead atoms. The van der Waals surface area contributed by atoms with Gasteiger partial charge in [0.1, 0.15) is 5.82 Å². The number of nitrogens with zero attached hydrogens (tertiary/aromatic N) is 1. The lowest BCUT2D eigenvalue weighted by Gasteiger charge is -2.06. The first-order valence-corrected chi connectivity index (χ1v) is 6.20. The van der Waals surface area contributed by atoms with E-state index in [4.69, 9.17) is 17.3 Å². The number of nitrogen functional groups attached to an aromatic ring is 1. The molecular weight excluding hydrogens is 318 g/mol. The normalized spacial score (nSPS) is 10.1. The Bertz CT molecular complexity index is 583. The van der Waals surface area contributed by atoms with E-state index in [-0.39, 0.29) is 5.91 Å². The number of anilines is 2. The molecule has 4 nitrogen and oxygen atoms in total. The van der Waals surface area contributed by atoms with Gasteiger partial charge in [-0.15, -0.1) is 0 Å². The molecule has 0 atom stereocenters. The monoisotopic (exact) mass is 325 g/mol. The first-order chi connectivity index (χ1) is 8.54. The molecule has 1 amide bonds. The van der Waals surface area contributed by atoms with Gasteiger partial charge in [0, 0.05) is 26.9 Å². The second-order valence-corrected chi connectivity index (χ2v) is 4.94. The summed E-state index contributed by atoms with van der Waals surface area (Å²) in [5.41, 5.74) is 6.62. The molecule has 2 aromatic rings. The van der Waals surface area contributed by atoms with Gasteiger partial charge in [-0.2, -0.15) is 0 Å². The largest absolute Gasteiger partial charge is 0.399 e. The van der Waals surface area contributed by atoms with E-state index in [1.165, 1.54) is 6.20 Å². The number of pyridine rings is 1. The van der Waals surface area contributed by atoms with Gasteiger partial charge in [-0.1, -0.05) is 27.5 Å². The Balaban J connectivity index is 2.22. The second kappa shape index (κ2) is 5.37. The fourth-order valence-electron chi connectivity index (χ4n) is 1.41. The molecule has 0 fully saturated rings. The van der Waals surface area contributed by atoms with E-state index in [9.17, 15) is 4.79 Å². The van der Waals surface area contributed by atoms with Crippen molar-refractivity contribution >= 4 is 44.9 Å². The molecule has 0 aliphatic carbocycles. The van der Waals surface area contributed by atoms with E-state index in [2.05, 4.69) is 26.2 Å². The molecule has 0 spiro atoms. The molecule has 0 aliphatic heterocycles. The highest BCUT2D eigenvalue weighted by molar-refractivity contribution is 9.10. The molecule has 0 radical (unpaired) electrons. The number of rotatable bonds is 2. The highest BCUT2D eigenvalue weighted by atomic mass is 79.9. The number of nitrogens with one attached hydrogen (secondary N) is 1. The topological polar surface area (TPSA) is 68.0 Å². The number of nitrogens with two attached hydrogens (primary N) is 1. The highest BCUT2D eigenvalue weighted by Gasteiger charge is 2.08. The van der Waals surface area contributed by atoms with Crippen LogP contribution in [0.4, 0.5) is 11.5 Å². The molecule has 0 aliphatic rings. The summed E-state index contributed by atoms with van der Waals surface area (Å²) >= 11 is 9.09. The predicted molar refractivity (Wildman–Crippen MR) is 75.8 cm³/mol. The zero-order valence-corrected chi connectivity index (χ0v) is 11.5. The SMILES string of the molecule is Nc1cc(Br)cc(C(=O)Nc2cc(Cl)ccn2)c1. The van der Waals surface area contributed by atoms with Crippen LogP contribution in [-0.4, -0.2) is 10.9 Å². The third-order valence-electron chi connectivity index (χ3n) is 2.15. The van der Waals surface area contributed by atoms with Crippen molar-refractivity contribution < 1.29 is 4.79 Å². The lowest BCUT2D eigenvalue weighted by atomic mass is 10.2. The van der Waals surface area contributed by atoms with Crippen molar-refractivity contribution in [2.24, 2.45) is 0 Å². The number of hydrogen-bond acceptors (Lipinski definition) is 3. The van der Waals surface area contributed by atoms with Crippen LogP contribution in [-0.2, 0) is 0 Å². The number of amides is 1. The summed E-state index contributed by atoms with van der Waals surface area (Å²) in [7, 11) is 0. The van der Waals surface area contributed by atoms with Crippen molar-refractivity contribution in [3.8, 4) is 0 Å². The zero-order chi connectivity index (χ0) is 13.1. The van der Waals surface area contributed by atoms with E-state index in [1.807, 2.05) is 0 Å². The van der Waals surface area contributed by atoms with Crippen molar-refractivity contribution in [2.75, 3.05) is 11.1 Å². The lowest BCUT2D eigenvalue weighted by Crippen LogP contribution is -2.13. The van der Waals surface area contributed by atoms with E-state index in [0.29, 0.717) is 22.1 Å². The first kappa shape index (κ1) is 12.9. The Morgan fingerprint density at radius 1 is 1.33 bits per heavy atom. The zero-order valence-electron chi connectivity index (χ0n) is 9.15. The Morgan fingerprint density at radius 2 is 2.11 bits per heavy atom. The van der Waals surface area contributed by atoms with Crippen LogP contribution in [0.1, 0.15) is 10.4 Å². The fraction of sp³-hybridized carbons (Fsp3) is 0. The molecule has 92 valence electrons. The highest BCUT2D eigenvalue weighted by Crippen LogP contribution is 2.19. The summed E-state index contributed by atoms with van der Waals surface area (Å²) < 4.78 is 0.742. The van der Waals surface area contributed by atoms with Crippen LogP contribution in [0, 0.1) is 0 Å². The molecule has 3 N–H and O–H groups in total. The van der Waals surface area contributed by atoms with Gasteiger partial charge in [0.25, 0.3) is 5.91 Å². The summed E-state index contributed by atoms with van der Waals surface area (Å²) in [5.74, 6) is 0.101. The summed E-state index contributed by atoms with van der Waals surface area (Å²) in [5, 5.41) is 3.15. The maximum atomic E-state index is 12.0. The first-order valence-electron chi connectivity index (χ1n) is 5.03. The molecule has 1 heterocycles. The maximum Gasteiger partial charge on any atom is 0.256 e. The maximum absolute atomic E-state index is 12.0. The third-order valence-corrected chi connectivity index (χ3v) is 2.84. The Labute approximate surface area is 117 Å². The van der Waals surface area contributed by atoms with Crippen molar-refractivity contribution in [2.45, 2.75) is 0 Å². The summed E-state index contributed by atoms with van der Waals surface area (Å²) in [6, 6.07) is 8.18. The van der Waals surface area contributed by atoms with Gasteiger partial charge in [0.05, 0.1) is 0 Å². The molecule has 1 aromatic carbocycles. The van der Waals surface area contributed by atoms with Crippen LogP contribution in [0.5, 0.6) is 0 Å². The number of hydrogen-bond donors (Lipinski definition) is 2. The van der Waals surface area contributed by atoms with Crippen LogP contribution >= 0.6 is 27.5 Å². The van der Waals surface area contributed by atoms with Crippen molar-refractivity contribution in [1.29, 1.82) is 0 Å². The van der Waals surface area contributed by atoms with Crippen LogP contribution in [0.25, 0.3) is 0 Å². The van der Waals surface area contributed by atoms with Crippen molar-refractivity contribution in [1.82, 2.24) is 4.98 Å². The number of halogens is 2. The minimum absolute atomic E-state index is 0.294. The predicted octanol–water partition coefficient (Wildman–Crippen LogP) is 3.33. The minimum Gasteiger partial charge on any atom is -0.399 e. The molecule has 0 saturated carbocycles. The second-order valence-electron chi connectivity index (χ2n) is 3.59. The summed E-state index contributed by atoms with van der Waals surface area (Å²) in [6.07, 6.45) is 1.52. The number of aromatic nitrogens is 1. The van der Waals surface area contributed by atoms with Crippen LogP contribution in [0.3, 0.4) is 0 Å². The standard InChI is InChI=1S/C12H9BrClN3O/c13-8-3-7(4-10(15)5-8)12(18)17-11-6-9(14)1-2-16-11/h1-6H,15H2,(H,16,17,18). The molecule has 1 aromatic heterocycles. The van der Waals surface area contributed by atoms with E-state index < -0.39 is 0 Å². The fourth-order valence-corrected chi connectivity index (χ4v) is 2.08. The Kier molecular flexibility index (Phi) is 3.84. The van der Waals surface area contributed by atoms with Gasteiger partial charge >= 0.3 is 0 Å². The van der Waals surface area contributed by atoms with E-state index in [1.54, 1.807) is 30.3 Å². The van der Waals surface area contributed by atoms with Gasteiger partial charge in [-0.05, 0) is 30.3 Å². The van der Waals surface area contributed by atoms with Gasteiger partial charge in [0.15, 0.2) is 0 Å². The number of benzene rings is 1. The molecule has 6 heteroatoms. The summed E-state index contributed by atoms with van der Waals surface area (Å²) in [4.78, 5) is 15.9. The Morgan fingerprint density at radius 3 is 2.78 bits per heavy atom. The van der Waals surface area contributed by atoms with Crippen molar-refractivity contribution in [3.05, 3.63) is 51.6 Å². The van der Waals surface area contributed by atoms with Crippen LogP contribution in [0.2, 0.25) is 5.02 Å². The average molecular weight is 327 g/mol. The quantitative estimate of drug-likeness (QED) is 0.832.